The summed E-state index contributed by atoms with van der Waals surface area (Å²) >= 11 is 0. The third-order valence-electron chi connectivity index (χ3n) is 4.69. The van der Waals surface area contributed by atoms with Gasteiger partial charge in [-0.15, -0.1) is 0 Å². The highest BCUT2D eigenvalue weighted by molar-refractivity contribution is 7.86. The second kappa shape index (κ2) is 4.91. The van der Waals surface area contributed by atoms with Gasteiger partial charge in [0, 0.05) is 0 Å². The Labute approximate surface area is 115 Å². The molecule has 2 bridgehead atoms. The van der Waals surface area contributed by atoms with Gasteiger partial charge < -0.3 is 0 Å². The van der Waals surface area contributed by atoms with Crippen LogP contribution in [0.3, 0.4) is 0 Å². The molecular formula is C15H20O3S. The van der Waals surface area contributed by atoms with E-state index >= 15 is 0 Å². The highest BCUT2D eigenvalue weighted by atomic mass is 32.2. The Bertz CT molecular complexity index is 533. The molecule has 0 saturated heterocycles. The zero-order chi connectivity index (χ0) is 13.5. The first kappa shape index (κ1) is 13.1. The summed E-state index contributed by atoms with van der Waals surface area (Å²) < 4.78 is 29.4. The average molecular weight is 280 g/mol. The fourth-order valence-corrected chi connectivity index (χ4v) is 4.39. The van der Waals surface area contributed by atoms with Crippen LogP contribution in [0, 0.1) is 24.7 Å². The minimum Gasteiger partial charge on any atom is -0.266 e. The van der Waals surface area contributed by atoms with Crippen molar-refractivity contribution in [1.29, 1.82) is 0 Å². The molecule has 3 nitrogen and oxygen atoms in total. The van der Waals surface area contributed by atoms with E-state index in [1.165, 1.54) is 25.7 Å². The van der Waals surface area contributed by atoms with Crippen LogP contribution in [0.25, 0.3) is 0 Å². The Morgan fingerprint density at radius 2 is 1.79 bits per heavy atom. The number of aryl methyl sites for hydroxylation is 1. The molecule has 0 amide bonds. The summed E-state index contributed by atoms with van der Waals surface area (Å²) in [5, 5.41) is 0. The highest BCUT2D eigenvalue weighted by Gasteiger charge is 2.44. The van der Waals surface area contributed by atoms with Gasteiger partial charge in [0.25, 0.3) is 10.1 Å². The van der Waals surface area contributed by atoms with Crippen molar-refractivity contribution in [2.45, 2.75) is 37.5 Å². The second-order valence-corrected chi connectivity index (χ2v) is 7.52. The van der Waals surface area contributed by atoms with Gasteiger partial charge in [-0.2, -0.15) is 8.42 Å². The molecule has 2 aliphatic carbocycles. The van der Waals surface area contributed by atoms with E-state index < -0.39 is 10.1 Å². The van der Waals surface area contributed by atoms with E-state index in [4.69, 9.17) is 4.18 Å². The molecule has 3 rings (SSSR count). The van der Waals surface area contributed by atoms with Gasteiger partial charge in [-0.1, -0.05) is 37.0 Å². The van der Waals surface area contributed by atoms with Crippen LogP contribution in [-0.4, -0.2) is 15.0 Å². The smallest absolute Gasteiger partial charge is 0.266 e. The third-order valence-corrected chi connectivity index (χ3v) is 5.99. The molecule has 0 N–H and O–H groups in total. The van der Waals surface area contributed by atoms with Crippen molar-refractivity contribution < 1.29 is 12.6 Å². The Balaban J connectivity index is 1.64. The molecule has 19 heavy (non-hydrogen) atoms. The lowest BCUT2D eigenvalue weighted by Crippen LogP contribution is -2.43. The molecule has 0 aliphatic heterocycles. The van der Waals surface area contributed by atoms with E-state index in [2.05, 4.69) is 0 Å². The maximum Gasteiger partial charge on any atom is 0.296 e. The first-order valence-corrected chi connectivity index (χ1v) is 8.43. The maximum absolute atomic E-state index is 12.1. The zero-order valence-electron chi connectivity index (χ0n) is 11.2. The van der Waals surface area contributed by atoms with E-state index in [-0.39, 0.29) is 4.90 Å². The molecule has 2 fully saturated rings. The average Bonchev–Trinajstić information content (AvgIpc) is 2.40. The van der Waals surface area contributed by atoms with Crippen molar-refractivity contribution in [3.8, 4) is 0 Å². The fourth-order valence-electron chi connectivity index (χ4n) is 3.45. The maximum atomic E-state index is 12.1. The van der Waals surface area contributed by atoms with Gasteiger partial charge in [-0.05, 0) is 43.2 Å². The van der Waals surface area contributed by atoms with E-state index in [9.17, 15) is 8.42 Å². The Kier molecular flexibility index (Phi) is 3.39. The van der Waals surface area contributed by atoms with Crippen LogP contribution in [0.2, 0.25) is 0 Å². The van der Waals surface area contributed by atoms with Gasteiger partial charge in [-0.25, -0.2) is 0 Å². The normalized spacial score (nSPS) is 29.8. The van der Waals surface area contributed by atoms with Gasteiger partial charge in [0.15, 0.2) is 0 Å². The predicted molar refractivity (Wildman–Crippen MR) is 73.3 cm³/mol. The SMILES string of the molecule is Cc1ccc(S(=O)(=O)OCC2[C@@H]3CCC[C@@H]2C3)cc1. The van der Waals surface area contributed by atoms with Crippen LogP contribution in [0.15, 0.2) is 29.2 Å². The summed E-state index contributed by atoms with van der Waals surface area (Å²) in [6, 6.07) is 6.83. The number of hydrogen-bond acceptors (Lipinski definition) is 3. The molecule has 1 aromatic rings. The number of rotatable bonds is 4. The van der Waals surface area contributed by atoms with Crippen LogP contribution >= 0.6 is 0 Å². The molecule has 2 atom stereocenters. The standard InChI is InChI=1S/C15H20O3S/c1-11-5-7-14(8-6-11)19(16,17)18-10-15-12-3-2-4-13(15)9-12/h5-8,12-13,15H,2-4,9-10H2,1H3/t12-,13-/m1/s1. The number of fused-ring (bicyclic) bond motifs is 2. The first-order valence-electron chi connectivity index (χ1n) is 7.02. The van der Waals surface area contributed by atoms with Crippen molar-refractivity contribution in [2.24, 2.45) is 17.8 Å². The quantitative estimate of drug-likeness (QED) is 0.796. The molecule has 0 aromatic heterocycles. The lowest BCUT2D eigenvalue weighted by atomic mass is 9.57. The van der Waals surface area contributed by atoms with Crippen molar-refractivity contribution in [3.05, 3.63) is 29.8 Å². The van der Waals surface area contributed by atoms with Gasteiger partial charge >= 0.3 is 0 Å². The van der Waals surface area contributed by atoms with Gasteiger partial charge in [0.05, 0.1) is 11.5 Å². The van der Waals surface area contributed by atoms with E-state index in [0.717, 1.165) is 5.56 Å². The minimum absolute atomic E-state index is 0.266. The molecule has 0 spiro atoms. The summed E-state index contributed by atoms with van der Waals surface area (Å²) in [6.07, 6.45) is 5.07. The van der Waals surface area contributed by atoms with Crippen LogP contribution in [0.1, 0.15) is 31.2 Å². The van der Waals surface area contributed by atoms with E-state index in [0.29, 0.717) is 24.4 Å². The van der Waals surface area contributed by atoms with Crippen LogP contribution in [0.5, 0.6) is 0 Å². The summed E-state index contributed by atoms with van der Waals surface area (Å²) in [5.74, 6) is 1.87. The minimum atomic E-state index is -3.58. The Morgan fingerprint density at radius 1 is 1.16 bits per heavy atom. The van der Waals surface area contributed by atoms with Crippen LogP contribution in [0.4, 0.5) is 0 Å². The molecule has 4 heteroatoms. The lowest BCUT2D eigenvalue weighted by Gasteiger charge is -2.49. The molecule has 0 heterocycles. The molecule has 2 saturated carbocycles. The first-order chi connectivity index (χ1) is 9.06. The zero-order valence-corrected chi connectivity index (χ0v) is 12.0. The van der Waals surface area contributed by atoms with E-state index in [1.807, 2.05) is 6.92 Å². The molecule has 1 aromatic carbocycles. The Morgan fingerprint density at radius 3 is 2.37 bits per heavy atom. The summed E-state index contributed by atoms with van der Waals surface area (Å²) in [6.45, 7) is 2.30. The lowest BCUT2D eigenvalue weighted by molar-refractivity contribution is -0.0152. The Hall–Kier alpha value is -0.870. The number of benzene rings is 1. The molecular weight excluding hydrogens is 260 g/mol. The molecule has 2 aliphatic rings. The van der Waals surface area contributed by atoms with E-state index in [1.54, 1.807) is 24.3 Å². The van der Waals surface area contributed by atoms with Gasteiger partial charge in [0.1, 0.15) is 0 Å². The number of hydrogen-bond donors (Lipinski definition) is 0. The monoisotopic (exact) mass is 280 g/mol. The predicted octanol–water partition coefficient (Wildman–Crippen LogP) is 3.14. The topological polar surface area (TPSA) is 43.4 Å². The molecule has 0 radical (unpaired) electrons. The van der Waals surface area contributed by atoms with Gasteiger partial charge in [0.2, 0.25) is 0 Å². The molecule has 0 unspecified atom stereocenters. The van der Waals surface area contributed by atoms with Crippen LogP contribution in [-0.2, 0) is 14.3 Å². The fraction of sp³-hybridized carbons (Fsp3) is 0.600. The molecule has 104 valence electrons. The summed E-state index contributed by atoms with van der Waals surface area (Å²) in [4.78, 5) is 0.266. The summed E-state index contributed by atoms with van der Waals surface area (Å²) in [5.41, 5.74) is 1.05. The van der Waals surface area contributed by atoms with Crippen molar-refractivity contribution in [2.75, 3.05) is 6.61 Å². The van der Waals surface area contributed by atoms with Crippen molar-refractivity contribution >= 4 is 10.1 Å². The summed E-state index contributed by atoms with van der Waals surface area (Å²) in [7, 11) is -3.58. The van der Waals surface area contributed by atoms with Crippen molar-refractivity contribution in [3.63, 3.8) is 0 Å². The second-order valence-electron chi connectivity index (χ2n) is 5.90. The van der Waals surface area contributed by atoms with Crippen molar-refractivity contribution in [1.82, 2.24) is 0 Å². The highest BCUT2D eigenvalue weighted by Crippen LogP contribution is 2.50. The van der Waals surface area contributed by atoms with Gasteiger partial charge in [-0.3, -0.25) is 4.18 Å². The van der Waals surface area contributed by atoms with Crippen LogP contribution < -0.4 is 0 Å². The largest absolute Gasteiger partial charge is 0.296 e. The third kappa shape index (κ3) is 2.56.